The lowest BCUT2D eigenvalue weighted by Crippen LogP contribution is -2.32. The van der Waals surface area contributed by atoms with E-state index in [1.165, 1.54) is 0 Å². The summed E-state index contributed by atoms with van der Waals surface area (Å²) in [5, 5.41) is 22.3. The molecule has 3 N–H and O–H groups in total. The Labute approximate surface area is 143 Å². The lowest BCUT2D eigenvalue weighted by molar-refractivity contribution is 0.0523. The third kappa shape index (κ3) is 6.77. The van der Waals surface area contributed by atoms with E-state index in [2.05, 4.69) is 5.32 Å². The Morgan fingerprint density at radius 2 is 1.96 bits per heavy atom. The fourth-order valence-electron chi connectivity index (χ4n) is 2.00. The summed E-state index contributed by atoms with van der Waals surface area (Å²) in [4.78, 5) is 11.7. The molecule has 1 aromatic carbocycles. The Balaban J connectivity index is 2.90. The van der Waals surface area contributed by atoms with E-state index in [-0.39, 0.29) is 11.5 Å². The van der Waals surface area contributed by atoms with Crippen LogP contribution in [0.25, 0.3) is 5.57 Å². The summed E-state index contributed by atoms with van der Waals surface area (Å²) in [6, 6.07) is 7.40. The number of alkyl carbamates (subject to hydrolysis) is 1. The van der Waals surface area contributed by atoms with Crippen LogP contribution in [0.15, 0.2) is 41.9 Å². The van der Waals surface area contributed by atoms with Crippen LogP contribution in [0.5, 0.6) is 0 Å². The smallest absolute Gasteiger partial charge is 0.407 e. The predicted octanol–water partition coefficient (Wildman–Crippen LogP) is 4.85. The second kappa shape index (κ2) is 8.43. The summed E-state index contributed by atoms with van der Waals surface area (Å²) < 4.78 is 5.20. The molecule has 0 aliphatic heterocycles. The zero-order chi connectivity index (χ0) is 18.3. The van der Waals surface area contributed by atoms with E-state index in [9.17, 15) is 15.0 Å². The molecule has 5 nitrogen and oxygen atoms in total. The van der Waals surface area contributed by atoms with E-state index in [4.69, 9.17) is 4.74 Å². The number of allylic oxidation sites excluding steroid dienone is 4. The van der Waals surface area contributed by atoms with Gasteiger partial charge in [-0.1, -0.05) is 25.1 Å². The lowest BCUT2D eigenvalue weighted by atomic mass is 10.0. The van der Waals surface area contributed by atoms with Crippen LogP contribution in [0.4, 0.5) is 4.79 Å². The summed E-state index contributed by atoms with van der Waals surface area (Å²) in [5.41, 5.74) is 1.63. The van der Waals surface area contributed by atoms with Crippen LogP contribution in [-0.4, -0.2) is 21.9 Å². The largest absolute Gasteiger partial charge is 0.512 e. The number of hydrogen-bond acceptors (Lipinski definition) is 4. The number of nitrogens with one attached hydrogen (secondary N) is 1. The van der Waals surface area contributed by atoms with Crippen molar-refractivity contribution in [2.24, 2.45) is 0 Å². The molecular weight excluding hydrogens is 306 g/mol. The van der Waals surface area contributed by atoms with Crippen molar-refractivity contribution in [2.75, 3.05) is 0 Å². The van der Waals surface area contributed by atoms with E-state index < -0.39 is 11.7 Å². The topological polar surface area (TPSA) is 78.8 Å². The third-order valence-electron chi connectivity index (χ3n) is 3.14. The maximum atomic E-state index is 11.7. The van der Waals surface area contributed by atoms with Gasteiger partial charge in [0.1, 0.15) is 5.60 Å². The molecular formula is C19H27NO4. The number of ether oxygens (including phenoxy) is 1. The molecule has 0 aliphatic carbocycles. The molecule has 0 spiro atoms. The molecule has 0 saturated carbocycles. The molecule has 0 radical (unpaired) electrons. The number of benzene rings is 1. The first-order valence-electron chi connectivity index (χ1n) is 7.98. The van der Waals surface area contributed by atoms with Crippen molar-refractivity contribution in [1.29, 1.82) is 0 Å². The summed E-state index contributed by atoms with van der Waals surface area (Å²) in [7, 11) is 0. The Hall–Kier alpha value is -2.43. The van der Waals surface area contributed by atoms with E-state index in [0.29, 0.717) is 18.5 Å². The Morgan fingerprint density at radius 3 is 2.50 bits per heavy atom. The Kier molecular flexibility index (Phi) is 6.89. The van der Waals surface area contributed by atoms with Crippen molar-refractivity contribution in [3.63, 3.8) is 0 Å². The minimum atomic E-state index is -0.543. The van der Waals surface area contributed by atoms with Gasteiger partial charge in [0.2, 0.25) is 0 Å². The molecule has 0 aromatic heterocycles. The zero-order valence-corrected chi connectivity index (χ0v) is 15.0. The normalized spacial score (nSPS) is 13.3. The number of amides is 1. The van der Waals surface area contributed by atoms with Crippen LogP contribution in [0.1, 0.15) is 52.2 Å². The molecule has 0 fully saturated rings. The highest BCUT2D eigenvalue weighted by atomic mass is 16.6. The van der Waals surface area contributed by atoms with Crippen LogP contribution in [0.2, 0.25) is 0 Å². The molecule has 24 heavy (non-hydrogen) atoms. The molecule has 1 rings (SSSR count). The second-order valence-electron chi connectivity index (χ2n) is 6.54. The summed E-state index contributed by atoms with van der Waals surface area (Å²) in [6.45, 7) is 9.13. The number of aliphatic hydroxyl groups is 2. The average Bonchev–Trinajstić information content (AvgIpc) is 2.48. The van der Waals surface area contributed by atoms with Gasteiger partial charge in [0.15, 0.2) is 0 Å². The van der Waals surface area contributed by atoms with Crippen molar-refractivity contribution < 1.29 is 19.7 Å². The highest BCUT2D eigenvalue weighted by Crippen LogP contribution is 2.22. The van der Waals surface area contributed by atoms with Gasteiger partial charge in [0.25, 0.3) is 0 Å². The maximum absolute atomic E-state index is 11.7. The van der Waals surface area contributed by atoms with Gasteiger partial charge in [-0.25, -0.2) is 4.79 Å². The molecule has 1 amide bonds. The molecule has 0 aliphatic rings. The number of carbonyl (C=O) groups excluding carboxylic acids is 1. The molecule has 5 heteroatoms. The van der Waals surface area contributed by atoms with Crippen molar-refractivity contribution in [2.45, 2.75) is 53.2 Å². The van der Waals surface area contributed by atoms with Gasteiger partial charge >= 0.3 is 6.09 Å². The van der Waals surface area contributed by atoms with Crippen LogP contribution < -0.4 is 5.32 Å². The minimum absolute atomic E-state index is 0.118. The first-order chi connectivity index (χ1) is 11.1. The number of carbonyl (C=O) groups is 1. The quantitative estimate of drug-likeness (QED) is 0.531. The molecule has 0 atom stereocenters. The SMILES string of the molecule is CC/C(O)=C\C(=C(/C)O)c1cccc(CNC(=O)OC(C)(C)C)c1. The standard InChI is InChI=1S/C19H27NO4/c1-6-16(22)11-17(13(2)21)15-9-7-8-14(10-15)12-20-18(23)24-19(3,4)5/h7-11,21-22H,6,12H2,1-5H3,(H,20,23)/b16-11+,17-13-. The Bertz CT molecular complexity index is 635. The maximum Gasteiger partial charge on any atom is 0.407 e. The fourth-order valence-corrected chi connectivity index (χ4v) is 2.00. The van der Waals surface area contributed by atoms with Crippen LogP contribution in [-0.2, 0) is 11.3 Å². The highest BCUT2D eigenvalue weighted by Gasteiger charge is 2.15. The van der Waals surface area contributed by atoms with Crippen LogP contribution in [0.3, 0.4) is 0 Å². The van der Waals surface area contributed by atoms with Crippen molar-refractivity contribution >= 4 is 11.7 Å². The first-order valence-corrected chi connectivity index (χ1v) is 7.98. The molecule has 0 saturated heterocycles. The molecule has 0 heterocycles. The van der Waals surface area contributed by atoms with E-state index in [0.717, 1.165) is 11.1 Å². The minimum Gasteiger partial charge on any atom is -0.512 e. The summed E-state index contributed by atoms with van der Waals surface area (Å²) in [6.07, 6.45) is 1.55. The fraction of sp³-hybridized carbons (Fsp3) is 0.421. The zero-order valence-electron chi connectivity index (χ0n) is 15.0. The average molecular weight is 333 g/mol. The van der Waals surface area contributed by atoms with Gasteiger partial charge in [-0.05, 0) is 51.0 Å². The van der Waals surface area contributed by atoms with E-state index in [1.807, 2.05) is 31.2 Å². The van der Waals surface area contributed by atoms with Gasteiger partial charge in [-0.3, -0.25) is 0 Å². The van der Waals surface area contributed by atoms with Gasteiger partial charge < -0.3 is 20.3 Å². The second-order valence-corrected chi connectivity index (χ2v) is 6.54. The van der Waals surface area contributed by atoms with E-state index >= 15 is 0 Å². The molecule has 1 aromatic rings. The number of rotatable bonds is 5. The summed E-state index contributed by atoms with van der Waals surface area (Å²) >= 11 is 0. The van der Waals surface area contributed by atoms with Crippen molar-refractivity contribution in [3.8, 4) is 0 Å². The summed E-state index contributed by atoms with van der Waals surface area (Å²) in [5.74, 6) is 0.308. The van der Waals surface area contributed by atoms with Gasteiger partial charge in [-0.15, -0.1) is 0 Å². The van der Waals surface area contributed by atoms with Gasteiger partial charge in [-0.2, -0.15) is 0 Å². The highest BCUT2D eigenvalue weighted by molar-refractivity contribution is 5.76. The lowest BCUT2D eigenvalue weighted by Gasteiger charge is -2.19. The molecule has 0 bridgehead atoms. The van der Waals surface area contributed by atoms with Crippen molar-refractivity contribution in [1.82, 2.24) is 5.32 Å². The third-order valence-corrected chi connectivity index (χ3v) is 3.14. The predicted molar refractivity (Wildman–Crippen MR) is 95.7 cm³/mol. The van der Waals surface area contributed by atoms with Gasteiger partial charge in [0.05, 0.1) is 11.5 Å². The van der Waals surface area contributed by atoms with Crippen LogP contribution in [0, 0.1) is 0 Å². The first kappa shape index (κ1) is 19.6. The van der Waals surface area contributed by atoms with E-state index in [1.54, 1.807) is 33.8 Å². The van der Waals surface area contributed by atoms with Gasteiger partial charge in [0, 0.05) is 18.5 Å². The number of aliphatic hydroxyl groups excluding tert-OH is 2. The monoisotopic (exact) mass is 333 g/mol. The van der Waals surface area contributed by atoms with Crippen LogP contribution >= 0.6 is 0 Å². The molecule has 0 unspecified atom stereocenters. The Morgan fingerprint density at radius 1 is 1.29 bits per heavy atom. The molecule has 132 valence electrons. The number of hydrogen-bond donors (Lipinski definition) is 3. The van der Waals surface area contributed by atoms with Crippen molar-refractivity contribution in [3.05, 3.63) is 53.0 Å².